The second-order valence-electron chi connectivity index (χ2n) is 4.29. The van der Waals surface area contributed by atoms with Crippen LogP contribution in [0.1, 0.15) is 32.2 Å². The molecule has 0 aliphatic carbocycles. The maximum absolute atomic E-state index is 5.88. The van der Waals surface area contributed by atoms with Gasteiger partial charge in [0.2, 0.25) is 5.95 Å². The van der Waals surface area contributed by atoms with Crippen molar-refractivity contribution in [3.63, 3.8) is 0 Å². The summed E-state index contributed by atoms with van der Waals surface area (Å²) < 4.78 is 7.75. The van der Waals surface area contributed by atoms with Crippen LogP contribution in [-0.2, 0) is 4.74 Å². The Labute approximate surface area is 88.0 Å². The Morgan fingerprint density at radius 2 is 2.33 bits per heavy atom. The number of fused-ring (bicyclic) bond motifs is 1. The molecular weight excluding hydrogens is 194 g/mol. The fourth-order valence-electron chi connectivity index (χ4n) is 2.45. The van der Waals surface area contributed by atoms with E-state index in [1.54, 1.807) is 0 Å². The molecule has 3 rings (SSSR count). The molecule has 3 unspecified atom stereocenters. The number of hydrogen-bond donors (Lipinski definition) is 1. The van der Waals surface area contributed by atoms with Crippen LogP contribution in [0.3, 0.4) is 0 Å². The molecule has 0 saturated carbocycles. The summed E-state index contributed by atoms with van der Waals surface area (Å²) in [5, 5.41) is 14.8. The van der Waals surface area contributed by atoms with Gasteiger partial charge in [-0.3, -0.25) is 0 Å². The van der Waals surface area contributed by atoms with Gasteiger partial charge in [0.05, 0.1) is 18.2 Å². The monoisotopic (exact) mass is 209 g/mol. The number of nitrogens with one attached hydrogen (secondary N) is 1. The molecular formula is C9H15N5O. The molecule has 6 nitrogen and oxygen atoms in total. The highest BCUT2D eigenvalue weighted by molar-refractivity contribution is 5.25. The molecule has 1 N–H and O–H groups in total. The highest BCUT2D eigenvalue weighted by Gasteiger charge is 2.34. The van der Waals surface area contributed by atoms with Crippen molar-refractivity contribution < 1.29 is 4.74 Å². The Bertz CT molecular complexity index is 352. The first-order chi connectivity index (χ1) is 7.34. The minimum Gasteiger partial charge on any atom is -0.373 e. The van der Waals surface area contributed by atoms with Crippen molar-refractivity contribution in [1.82, 2.24) is 20.2 Å². The number of nitrogens with zero attached hydrogens (tertiary/aromatic N) is 4. The Balaban J connectivity index is 1.83. The fourth-order valence-corrected chi connectivity index (χ4v) is 2.45. The van der Waals surface area contributed by atoms with Crippen LogP contribution >= 0.6 is 0 Å². The van der Waals surface area contributed by atoms with E-state index in [-0.39, 0.29) is 6.10 Å². The standard InChI is InChI=1S/C9H15N5O/c1-6-2-3-8(15-6)7-4-5-10-9-11-12-13-14(7)9/h6-8H,2-5H2,1H3,(H,10,11,13). The second-order valence-corrected chi connectivity index (χ2v) is 4.29. The first-order valence-corrected chi connectivity index (χ1v) is 5.52. The van der Waals surface area contributed by atoms with E-state index in [0.717, 1.165) is 31.8 Å². The van der Waals surface area contributed by atoms with Crippen LogP contribution in [0.5, 0.6) is 0 Å². The summed E-state index contributed by atoms with van der Waals surface area (Å²) in [6.45, 7) is 3.06. The largest absolute Gasteiger partial charge is 0.373 e. The third kappa shape index (κ3) is 1.49. The molecule has 2 aliphatic rings. The molecule has 0 amide bonds. The van der Waals surface area contributed by atoms with Gasteiger partial charge in [-0.25, -0.2) is 4.68 Å². The first-order valence-electron chi connectivity index (χ1n) is 5.52. The zero-order valence-electron chi connectivity index (χ0n) is 8.76. The molecule has 0 aromatic carbocycles. The molecule has 6 heteroatoms. The highest BCUT2D eigenvalue weighted by Crippen LogP contribution is 2.32. The number of anilines is 1. The summed E-state index contributed by atoms with van der Waals surface area (Å²) in [4.78, 5) is 0. The molecule has 15 heavy (non-hydrogen) atoms. The van der Waals surface area contributed by atoms with E-state index in [2.05, 4.69) is 27.8 Å². The van der Waals surface area contributed by atoms with Gasteiger partial charge >= 0.3 is 0 Å². The Morgan fingerprint density at radius 3 is 3.13 bits per heavy atom. The topological polar surface area (TPSA) is 64.9 Å². The summed E-state index contributed by atoms with van der Waals surface area (Å²) in [6, 6.07) is 0.307. The third-order valence-electron chi connectivity index (χ3n) is 3.22. The van der Waals surface area contributed by atoms with Gasteiger partial charge < -0.3 is 10.1 Å². The van der Waals surface area contributed by atoms with Gasteiger partial charge in [-0.15, -0.1) is 0 Å². The van der Waals surface area contributed by atoms with Crippen LogP contribution in [0.25, 0.3) is 0 Å². The zero-order chi connectivity index (χ0) is 10.3. The minimum atomic E-state index is 0.282. The molecule has 1 saturated heterocycles. The maximum atomic E-state index is 5.88. The Hall–Kier alpha value is -1.17. The molecule has 1 fully saturated rings. The van der Waals surface area contributed by atoms with Gasteiger partial charge in [0.15, 0.2) is 0 Å². The van der Waals surface area contributed by atoms with E-state index in [4.69, 9.17) is 4.74 Å². The molecule has 3 atom stereocenters. The van der Waals surface area contributed by atoms with Crippen LogP contribution in [-0.4, -0.2) is 39.0 Å². The average molecular weight is 209 g/mol. The van der Waals surface area contributed by atoms with E-state index < -0.39 is 0 Å². The van der Waals surface area contributed by atoms with Crippen LogP contribution < -0.4 is 5.32 Å². The third-order valence-corrected chi connectivity index (χ3v) is 3.22. The van der Waals surface area contributed by atoms with Crippen molar-refractivity contribution in [1.29, 1.82) is 0 Å². The van der Waals surface area contributed by atoms with Gasteiger partial charge in [-0.1, -0.05) is 5.10 Å². The average Bonchev–Trinajstić information content (AvgIpc) is 2.84. The van der Waals surface area contributed by atoms with Crippen molar-refractivity contribution >= 4 is 5.95 Å². The molecule has 1 aromatic heterocycles. The normalized spacial score (nSPS) is 34.9. The molecule has 2 aliphatic heterocycles. The number of hydrogen-bond acceptors (Lipinski definition) is 5. The minimum absolute atomic E-state index is 0.282. The van der Waals surface area contributed by atoms with E-state index in [0.29, 0.717) is 12.1 Å². The van der Waals surface area contributed by atoms with Crippen LogP contribution in [0.4, 0.5) is 5.95 Å². The zero-order valence-corrected chi connectivity index (χ0v) is 8.76. The maximum Gasteiger partial charge on any atom is 0.243 e. The van der Waals surface area contributed by atoms with Gasteiger partial charge in [0.1, 0.15) is 0 Å². The van der Waals surface area contributed by atoms with E-state index in [1.165, 1.54) is 0 Å². The van der Waals surface area contributed by atoms with E-state index >= 15 is 0 Å². The van der Waals surface area contributed by atoms with Gasteiger partial charge in [0.25, 0.3) is 0 Å². The molecule has 0 spiro atoms. The molecule has 82 valence electrons. The smallest absolute Gasteiger partial charge is 0.243 e. The van der Waals surface area contributed by atoms with Crippen molar-refractivity contribution in [2.24, 2.45) is 0 Å². The summed E-state index contributed by atoms with van der Waals surface area (Å²) in [5.41, 5.74) is 0. The SMILES string of the molecule is CC1CCC(C2CCNc3nnnn32)O1. The second kappa shape index (κ2) is 3.44. The van der Waals surface area contributed by atoms with Gasteiger partial charge in [0, 0.05) is 6.54 Å². The number of tetrazole rings is 1. The highest BCUT2D eigenvalue weighted by atomic mass is 16.5. The summed E-state index contributed by atoms with van der Waals surface area (Å²) >= 11 is 0. The first kappa shape index (κ1) is 9.08. The van der Waals surface area contributed by atoms with Crippen molar-refractivity contribution in [2.75, 3.05) is 11.9 Å². The predicted octanol–water partition coefficient (Wildman–Crippen LogP) is 0.597. The molecule has 1 aromatic rings. The predicted molar refractivity (Wildman–Crippen MR) is 53.5 cm³/mol. The number of aromatic nitrogens is 4. The summed E-state index contributed by atoms with van der Waals surface area (Å²) in [5.74, 6) is 0.773. The van der Waals surface area contributed by atoms with Crippen LogP contribution in [0, 0.1) is 0 Å². The van der Waals surface area contributed by atoms with Crippen LogP contribution in [0.2, 0.25) is 0 Å². The lowest BCUT2D eigenvalue weighted by Gasteiger charge is -2.27. The fraction of sp³-hybridized carbons (Fsp3) is 0.889. The van der Waals surface area contributed by atoms with Crippen molar-refractivity contribution in [3.05, 3.63) is 0 Å². The van der Waals surface area contributed by atoms with E-state index in [9.17, 15) is 0 Å². The quantitative estimate of drug-likeness (QED) is 0.733. The number of rotatable bonds is 1. The van der Waals surface area contributed by atoms with Gasteiger partial charge in [-0.05, 0) is 36.6 Å². The van der Waals surface area contributed by atoms with Crippen molar-refractivity contribution in [3.8, 4) is 0 Å². The molecule has 0 radical (unpaired) electrons. The molecule has 0 bridgehead atoms. The lowest BCUT2D eigenvalue weighted by molar-refractivity contribution is 0.0168. The van der Waals surface area contributed by atoms with Gasteiger partial charge in [-0.2, -0.15) is 0 Å². The number of ether oxygens (including phenoxy) is 1. The lowest BCUT2D eigenvalue weighted by atomic mass is 10.0. The molecule has 3 heterocycles. The summed E-state index contributed by atoms with van der Waals surface area (Å²) in [7, 11) is 0. The Morgan fingerprint density at radius 1 is 1.40 bits per heavy atom. The lowest BCUT2D eigenvalue weighted by Crippen LogP contribution is -2.32. The van der Waals surface area contributed by atoms with Crippen molar-refractivity contribution in [2.45, 2.75) is 44.4 Å². The Kier molecular flexibility index (Phi) is 2.09. The van der Waals surface area contributed by atoms with Crippen LogP contribution in [0.15, 0.2) is 0 Å². The summed E-state index contributed by atoms with van der Waals surface area (Å²) in [6.07, 6.45) is 3.96. The van der Waals surface area contributed by atoms with E-state index in [1.807, 2.05) is 4.68 Å².